The highest BCUT2D eigenvalue weighted by atomic mass is 32.1. The molecular formula is C37H23NOS. The number of thiophene rings is 1. The van der Waals surface area contributed by atoms with E-state index in [1.807, 2.05) is 23.5 Å². The van der Waals surface area contributed by atoms with Gasteiger partial charge in [0.05, 0.1) is 0 Å². The van der Waals surface area contributed by atoms with Crippen molar-refractivity contribution in [3.05, 3.63) is 140 Å². The van der Waals surface area contributed by atoms with E-state index in [2.05, 4.69) is 127 Å². The summed E-state index contributed by atoms with van der Waals surface area (Å²) in [5.74, 6) is 0.630. The van der Waals surface area contributed by atoms with Gasteiger partial charge in [0.25, 0.3) is 0 Å². The zero-order valence-corrected chi connectivity index (χ0v) is 22.4. The Morgan fingerprint density at radius 1 is 0.475 bits per heavy atom. The molecule has 0 fully saturated rings. The van der Waals surface area contributed by atoms with Gasteiger partial charge in [-0.15, -0.1) is 11.3 Å². The van der Waals surface area contributed by atoms with Crippen LogP contribution in [0.5, 0.6) is 0 Å². The van der Waals surface area contributed by atoms with Crippen LogP contribution < -0.4 is 0 Å². The molecule has 0 saturated carbocycles. The van der Waals surface area contributed by atoms with Crippen LogP contribution in [0, 0.1) is 0 Å². The lowest BCUT2D eigenvalue weighted by molar-refractivity contribution is 0.620. The van der Waals surface area contributed by atoms with Gasteiger partial charge in [-0.05, 0) is 63.7 Å². The van der Waals surface area contributed by atoms with E-state index >= 15 is 0 Å². The van der Waals surface area contributed by atoms with Gasteiger partial charge in [0.15, 0.2) is 5.58 Å². The summed E-state index contributed by atoms with van der Waals surface area (Å²) in [5, 5.41) is 2.63. The molecule has 0 aliphatic rings. The van der Waals surface area contributed by atoms with Crippen LogP contribution >= 0.6 is 11.3 Å². The smallest absolute Gasteiger partial charge is 0.227 e. The predicted molar refractivity (Wildman–Crippen MR) is 169 cm³/mol. The fourth-order valence-corrected chi connectivity index (χ4v) is 6.82. The molecule has 8 rings (SSSR count). The van der Waals surface area contributed by atoms with E-state index in [0.717, 1.165) is 38.9 Å². The van der Waals surface area contributed by atoms with Crippen LogP contribution in [0.4, 0.5) is 0 Å². The van der Waals surface area contributed by atoms with Crippen LogP contribution in [-0.4, -0.2) is 4.98 Å². The maximum absolute atomic E-state index is 6.35. The molecule has 0 aliphatic carbocycles. The molecular weight excluding hydrogens is 506 g/mol. The van der Waals surface area contributed by atoms with Gasteiger partial charge in [0.2, 0.25) is 5.89 Å². The van der Waals surface area contributed by atoms with Gasteiger partial charge in [0.1, 0.15) is 5.52 Å². The first-order chi connectivity index (χ1) is 19.8. The van der Waals surface area contributed by atoms with Gasteiger partial charge in [0, 0.05) is 25.7 Å². The Labute approximate surface area is 235 Å². The lowest BCUT2D eigenvalue weighted by atomic mass is 9.94. The predicted octanol–water partition coefficient (Wildman–Crippen LogP) is 10.9. The first-order valence-electron chi connectivity index (χ1n) is 13.4. The van der Waals surface area contributed by atoms with Crippen LogP contribution in [-0.2, 0) is 0 Å². The van der Waals surface area contributed by atoms with E-state index in [-0.39, 0.29) is 0 Å². The standard InChI is InChI=1S/C37H23NOS/c1-3-10-24(11-4-1)31-22-33-34(23-32(31)25-12-5-2-6-13-25)39-37(38-33)27-20-18-26(19-21-27)28-15-9-16-30-29-14-7-8-17-35(29)40-36(28)30/h1-23H. The van der Waals surface area contributed by atoms with Gasteiger partial charge in [-0.3, -0.25) is 0 Å². The number of rotatable bonds is 4. The number of fused-ring (bicyclic) bond motifs is 4. The van der Waals surface area contributed by atoms with Crippen molar-refractivity contribution in [1.82, 2.24) is 4.98 Å². The molecule has 2 heterocycles. The van der Waals surface area contributed by atoms with E-state index in [1.165, 1.54) is 31.3 Å². The molecule has 0 aliphatic heterocycles. The third-order valence-electron chi connectivity index (χ3n) is 7.54. The Hall–Kier alpha value is -4.99. The van der Waals surface area contributed by atoms with Crippen LogP contribution in [0.15, 0.2) is 144 Å². The molecule has 3 heteroatoms. The lowest BCUT2D eigenvalue weighted by Crippen LogP contribution is -1.86. The zero-order chi connectivity index (χ0) is 26.5. The summed E-state index contributed by atoms with van der Waals surface area (Å²) in [7, 11) is 0. The molecule has 8 aromatic rings. The van der Waals surface area contributed by atoms with Crippen molar-refractivity contribution in [3.8, 4) is 44.8 Å². The monoisotopic (exact) mass is 529 g/mol. The third-order valence-corrected chi connectivity index (χ3v) is 8.76. The van der Waals surface area contributed by atoms with Gasteiger partial charge in [-0.25, -0.2) is 4.98 Å². The van der Waals surface area contributed by atoms with Gasteiger partial charge in [-0.1, -0.05) is 109 Å². The first-order valence-corrected chi connectivity index (χ1v) is 14.2. The van der Waals surface area contributed by atoms with E-state index in [0.29, 0.717) is 5.89 Å². The normalized spacial score (nSPS) is 11.5. The fourth-order valence-electron chi connectivity index (χ4n) is 5.58. The minimum atomic E-state index is 0.630. The molecule has 0 unspecified atom stereocenters. The molecule has 6 aromatic carbocycles. The fraction of sp³-hybridized carbons (Fsp3) is 0. The molecule has 0 spiro atoms. The van der Waals surface area contributed by atoms with Crippen LogP contribution in [0.25, 0.3) is 76.1 Å². The summed E-state index contributed by atoms with van der Waals surface area (Å²) in [5.41, 5.74) is 9.64. The Morgan fingerprint density at radius 2 is 1.07 bits per heavy atom. The van der Waals surface area contributed by atoms with Crippen molar-refractivity contribution in [2.45, 2.75) is 0 Å². The van der Waals surface area contributed by atoms with E-state index in [9.17, 15) is 0 Å². The maximum Gasteiger partial charge on any atom is 0.227 e. The highest BCUT2D eigenvalue weighted by molar-refractivity contribution is 7.26. The van der Waals surface area contributed by atoms with Gasteiger partial charge >= 0.3 is 0 Å². The average molecular weight is 530 g/mol. The zero-order valence-electron chi connectivity index (χ0n) is 21.5. The first kappa shape index (κ1) is 22.9. The lowest BCUT2D eigenvalue weighted by Gasteiger charge is -2.10. The molecule has 0 bridgehead atoms. The largest absolute Gasteiger partial charge is 0.436 e. The molecule has 2 aromatic heterocycles. The SMILES string of the molecule is c1ccc(-c2cc3nc(-c4ccc(-c5cccc6c5sc5ccccc56)cc4)oc3cc2-c2ccccc2)cc1. The van der Waals surface area contributed by atoms with E-state index in [4.69, 9.17) is 9.40 Å². The van der Waals surface area contributed by atoms with Crippen LogP contribution in [0.1, 0.15) is 0 Å². The summed E-state index contributed by atoms with van der Waals surface area (Å²) < 4.78 is 8.99. The summed E-state index contributed by atoms with van der Waals surface area (Å²) in [6.45, 7) is 0. The Morgan fingerprint density at radius 3 is 1.82 bits per heavy atom. The van der Waals surface area contributed by atoms with Crippen molar-refractivity contribution in [1.29, 1.82) is 0 Å². The molecule has 0 saturated heterocycles. The van der Waals surface area contributed by atoms with E-state index < -0.39 is 0 Å². The summed E-state index contributed by atoms with van der Waals surface area (Å²) in [6, 6.07) is 49.0. The minimum absolute atomic E-state index is 0.630. The van der Waals surface area contributed by atoms with Crippen LogP contribution in [0.2, 0.25) is 0 Å². The molecule has 0 atom stereocenters. The highest BCUT2D eigenvalue weighted by Crippen LogP contribution is 2.41. The van der Waals surface area contributed by atoms with Gasteiger partial charge in [-0.2, -0.15) is 0 Å². The van der Waals surface area contributed by atoms with Crippen molar-refractivity contribution < 1.29 is 4.42 Å². The summed E-state index contributed by atoms with van der Waals surface area (Å²) in [6.07, 6.45) is 0. The number of benzene rings is 6. The second-order valence-electron chi connectivity index (χ2n) is 9.97. The second kappa shape index (κ2) is 9.33. The van der Waals surface area contributed by atoms with E-state index in [1.54, 1.807) is 0 Å². The van der Waals surface area contributed by atoms with Gasteiger partial charge < -0.3 is 4.42 Å². The third kappa shape index (κ3) is 3.83. The topological polar surface area (TPSA) is 26.0 Å². The number of nitrogens with zero attached hydrogens (tertiary/aromatic N) is 1. The molecule has 40 heavy (non-hydrogen) atoms. The molecule has 188 valence electrons. The quantitative estimate of drug-likeness (QED) is 0.227. The number of hydrogen-bond donors (Lipinski definition) is 0. The van der Waals surface area contributed by atoms with Crippen molar-refractivity contribution >= 4 is 42.6 Å². The number of oxazole rings is 1. The second-order valence-corrected chi connectivity index (χ2v) is 11.0. The van der Waals surface area contributed by atoms with Crippen molar-refractivity contribution in [2.75, 3.05) is 0 Å². The highest BCUT2D eigenvalue weighted by Gasteiger charge is 2.16. The van der Waals surface area contributed by atoms with Crippen LogP contribution in [0.3, 0.4) is 0 Å². The molecule has 0 amide bonds. The maximum atomic E-state index is 6.35. The number of hydrogen-bond acceptors (Lipinski definition) is 3. The Kier molecular flexibility index (Phi) is 5.35. The number of aromatic nitrogens is 1. The molecule has 0 N–H and O–H groups in total. The van der Waals surface area contributed by atoms with Crippen molar-refractivity contribution in [3.63, 3.8) is 0 Å². The molecule has 0 radical (unpaired) electrons. The summed E-state index contributed by atoms with van der Waals surface area (Å²) in [4.78, 5) is 4.92. The average Bonchev–Trinajstić information content (AvgIpc) is 3.63. The summed E-state index contributed by atoms with van der Waals surface area (Å²) >= 11 is 1.85. The van der Waals surface area contributed by atoms with Crippen molar-refractivity contribution in [2.24, 2.45) is 0 Å². The Bertz CT molecular complexity index is 2060. The molecule has 2 nitrogen and oxygen atoms in total. The Balaban J connectivity index is 1.21. The minimum Gasteiger partial charge on any atom is -0.436 e.